The molecule has 2 aliphatic rings. The molecule has 3 rings (SSSR count). The van der Waals surface area contributed by atoms with E-state index in [2.05, 4.69) is 5.09 Å². The average Bonchev–Trinajstić information content (AvgIpc) is 3.34. The van der Waals surface area contributed by atoms with Crippen molar-refractivity contribution >= 4 is 19.6 Å². The Morgan fingerprint density at radius 2 is 1.93 bits per heavy atom. The fourth-order valence-corrected chi connectivity index (χ4v) is 5.97. The Kier molecular flexibility index (Phi) is 12.2. The number of hydrogen-bond donors (Lipinski definition) is 3. The van der Waals surface area contributed by atoms with E-state index in [0.29, 0.717) is 18.4 Å². The number of aliphatic hydroxyl groups is 1. The summed E-state index contributed by atoms with van der Waals surface area (Å²) in [5, 5.41) is 13.1. The second-order valence-corrected chi connectivity index (χ2v) is 12.6. The number of benzene rings is 1. The molecule has 4 N–H and O–H groups in total. The van der Waals surface area contributed by atoms with Crippen molar-refractivity contribution in [3.05, 3.63) is 54.4 Å². The lowest BCUT2D eigenvalue weighted by Gasteiger charge is -2.28. The Morgan fingerprint density at radius 1 is 1.24 bits per heavy atom. The molecule has 0 aliphatic carbocycles. The molecule has 0 radical (unpaired) electrons. The quantitative estimate of drug-likeness (QED) is 0.141. The molecule has 0 bridgehead atoms. The zero-order valence-electron chi connectivity index (χ0n) is 24.9. The summed E-state index contributed by atoms with van der Waals surface area (Å²) in [4.78, 5) is 26.2. The third kappa shape index (κ3) is 10.2. The molecule has 0 spiro atoms. The topological polar surface area (TPSA) is 159 Å². The van der Waals surface area contributed by atoms with Gasteiger partial charge in [-0.1, -0.05) is 51.0 Å². The Bertz CT molecular complexity index is 1150. The molecule has 0 aromatic heterocycles. The number of nitrogens with zero attached hydrogens (tertiary/aromatic N) is 1. The van der Waals surface area contributed by atoms with Gasteiger partial charge in [0.15, 0.2) is 5.79 Å². The predicted molar refractivity (Wildman–Crippen MR) is 156 cm³/mol. The molecular weight excluding hydrogens is 565 g/mol. The van der Waals surface area contributed by atoms with Crippen molar-refractivity contribution in [2.45, 2.75) is 90.6 Å². The van der Waals surface area contributed by atoms with Gasteiger partial charge in [0.25, 0.3) is 0 Å². The Labute approximate surface area is 247 Å². The molecule has 1 aromatic rings. The molecule has 0 saturated carbocycles. The van der Waals surface area contributed by atoms with Gasteiger partial charge in [-0.3, -0.25) is 14.1 Å². The van der Waals surface area contributed by atoms with Crippen LogP contribution in [0.25, 0.3) is 0 Å². The minimum atomic E-state index is -4.17. The number of hydrogen-bond acceptors (Lipinski definition) is 10. The lowest BCUT2D eigenvalue weighted by atomic mass is 10.1. The summed E-state index contributed by atoms with van der Waals surface area (Å²) < 4.78 is 43.1. The first-order chi connectivity index (χ1) is 19.8. The van der Waals surface area contributed by atoms with Crippen LogP contribution in [0.2, 0.25) is 0 Å². The molecule has 12 nitrogen and oxygen atoms in total. The molecule has 1 fully saturated rings. The highest BCUT2D eigenvalue weighted by Crippen LogP contribution is 2.46. The van der Waals surface area contributed by atoms with Crippen LogP contribution in [0.1, 0.15) is 60.3 Å². The van der Waals surface area contributed by atoms with Crippen LogP contribution in [0.5, 0.6) is 5.75 Å². The van der Waals surface area contributed by atoms with Gasteiger partial charge in [-0.25, -0.2) is 4.57 Å². The summed E-state index contributed by atoms with van der Waals surface area (Å²) in [6.07, 6.45) is 5.53. The molecule has 13 heteroatoms. The minimum absolute atomic E-state index is 0.230. The monoisotopic (exact) mass is 609 g/mol. The van der Waals surface area contributed by atoms with E-state index < -0.39 is 49.9 Å². The van der Waals surface area contributed by atoms with Gasteiger partial charge < -0.3 is 34.5 Å². The van der Waals surface area contributed by atoms with Crippen molar-refractivity contribution in [1.82, 2.24) is 9.99 Å². The van der Waals surface area contributed by atoms with E-state index in [9.17, 15) is 19.3 Å². The summed E-state index contributed by atoms with van der Waals surface area (Å²) in [5.41, 5.74) is 5.88. The van der Waals surface area contributed by atoms with Crippen molar-refractivity contribution in [2.24, 2.45) is 11.7 Å². The van der Waals surface area contributed by atoms with Crippen LogP contribution in [0.4, 0.5) is 0 Å². The zero-order chi connectivity index (χ0) is 30.9. The molecule has 1 aromatic carbocycles. The highest BCUT2D eigenvalue weighted by atomic mass is 31.2. The maximum atomic E-state index is 14.0. The van der Waals surface area contributed by atoms with E-state index >= 15 is 0 Å². The molecule has 5 atom stereocenters. The van der Waals surface area contributed by atoms with E-state index in [-0.39, 0.29) is 24.9 Å². The largest absolute Gasteiger partial charge is 0.464 e. The number of nitrogens with two attached hydrogens (primary N) is 1. The third-order valence-corrected chi connectivity index (χ3v) is 8.53. The van der Waals surface area contributed by atoms with E-state index in [1.807, 2.05) is 13.8 Å². The number of carbonyl (C=O) groups is 2. The van der Waals surface area contributed by atoms with Crippen LogP contribution in [-0.4, -0.2) is 65.4 Å². The van der Waals surface area contributed by atoms with Gasteiger partial charge in [-0.15, -0.1) is 0 Å². The number of primary amides is 1. The number of ether oxygens (including phenoxy) is 3. The number of amides is 1. The highest BCUT2D eigenvalue weighted by Gasteiger charge is 2.43. The first-order valence-corrected chi connectivity index (χ1v) is 15.8. The van der Waals surface area contributed by atoms with E-state index in [0.717, 1.165) is 12.8 Å². The van der Waals surface area contributed by atoms with Crippen molar-refractivity contribution in [3.8, 4) is 5.75 Å². The number of nitrogens with one attached hydrogen (secondary N) is 1. The smallest absolute Gasteiger partial charge is 0.459 e. The van der Waals surface area contributed by atoms with E-state index in [1.165, 1.54) is 20.8 Å². The highest BCUT2D eigenvalue weighted by molar-refractivity contribution is 7.52. The van der Waals surface area contributed by atoms with Crippen LogP contribution in [0.3, 0.4) is 0 Å². The summed E-state index contributed by atoms with van der Waals surface area (Å²) in [6, 6.07) is 7.42. The van der Waals surface area contributed by atoms with Gasteiger partial charge in [0.1, 0.15) is 24.1 Å². The van der Waals surface area contributed by atoms with Crippen LogP contribution in [0, 0.1) is 5.92 Å². The van der Waals surface area contributed by atoms with Crippen molar-refractivity contribution in [1.29, 1.82) is 0 Å². The van der Waals surface area contributed by atoms with Gasteiger partial charge in [0.2, 0.25) is 5.91 Å². The first-order valence-electron chi connectivity index (χ1n) is 14.3. The molecule has 42 heavy (non-hydrogen) atoms. The standard InChI is InChI=1S/C29H44N3O9P/c1-6-21(7-2)18-37-28(34)20(3)31-42(36,41-23-13-9-8-10-14-23)38-19-25-24(40-29(4,5)35)16-26(39-25)32-15-11-12-22(17-32)27(30)33/h8-11,13-15,17,20-21,24-26,35H,6-7,12,16,18-19H2,1-5H3,(H2,30,33)(H,31,36)/t20?,24-,25?,26+,42?/m0/s1. The van der Waals surface area contributed by atoms with Crippen LogP contribution in [0.15, 0.2) is 54.4 Å². The summed E-state index contributed by atoms with van der Waals surface area (Å²) in [7, 11) is -4.17. The van der Waals surface area contributed by atoms with Gasteiger partial charge >= 0.3 is 13.7 Å². The summed E-state index contributed by atoms with van der Waals surface area (Å²) in [6.45, 7) is 8.54. The van der Waals surface area contributed by atoms with E-state index in [1.54, 1.807) is 53.7 Å². The molecule has 2 heterocycles. The zero-order valence-corrected chi connectivity index (χ0v) is 25.8. The lowest BCUT2D eigenvalue weighted by Crippen LogP contribution is -2.39. The lowest BCUT2D eigenvalue weighted by molar-refractivity contribution is -0.216. The number of esters is 1. The Hall–Kier alpha value is -2.73. The van der Waals surface area contributed by atoms with Gasteiger partial charge in [0, 0.05) is 24.4 Å². The van der Waals surface area contributed by atoms with Crippen LogP contribution < -0.4 is 15.3 Å². The molecular formula is C29H44N3O9P. The van der Waals surface area contributed by atoms with Crippen molar-refractivity contribution < 1.29 is 42.5 Å². The Morgan fingerprint density at radius 3 is 2.55 bits per heavy atom. The predicted octanol–water partition coefficient (Wildman–Crippen LogP) is 3.96. The second-order valence-electron chi connectivity index (χ2n) is 10.9. The number of para-hydroxylation sites is 1. The van der Waals surface area contributed by atoms with Crippen molar-refractivity contribution in [2.75, 3.05) is 13.2 Å². The fraction of sp³-hybridized carbons (Fsp3) is 0.586. The maximum absolute atomic E-state index is 14.0. The second kappa shape index (κ2) is 15.1. The average molecular weight is 610 g/mol. The SMILES string of the molecule is CCC(CC)COC(=O)C(C)NP(=O)(OCC1O[C@@H](N2C=CCC(C(N)=O)=C2)C[C@@H]1OC(C)(C)O)Oc1ccccc1. The minimum Gasteiger partial charge on any atom is -0.464 e. The number of allylic oxidation sites excluding steroid dienone is 1. The van der Waals surface area contributed by atoms with Gasteiger partial charge in [-0.05, 0) is 45.2 Å². The Balaban J connectivity index is 1.76. The summed E-state index contributed by atoms with van der Waals surface area (Å²) >= 11 is 0. The van der Waals surface area contributed by atoms with Gasteiger partial charge in [0.05, 0.1) is 19.3 Å². The number of rotatable bonds is 16. The number of carbonyl (C=O) groups excluding carboxylic acids is 2. The van der Waals surface area contributed by atoms with Crippen LogP contribution >= 0.6 is 7.75 Å². The fourth-order valence-electron chi connectivity index (χ4n) is 4.47. The molecule has 2 aliphatic heterocycles. The molecule has 234 valence electrons. The normalized spacial score (nSPS) is 22.9. The van der Waals surface area contributed by atoms with Crippen molar-refractivity contribution in [3.63, 3.8) is 0 Å². The van der Waals surface area contributed by atoms with Crippen LogP contribution in [-0.2, 0) is 32.9 Å². The molecule has 1 saturated heterocycles. The molecule has 3 unspecified atom stereocenters. The summed E-state index contributed by atoms with van der Waals surface area (Å²) in [5.74, 6) is -2.12. The van der Waals surface area contributed by atoms with Gasteiger partial charge in [-0.2, -0.15) is 5.09 Å². The molecule has 1 amide bonds. The third-order valence-electron chi connectivity index (χ3n) is 6.89. The van der Waals surface area contributed by atoms with E-state index in [4.69, 9.17) is 29.0 Å². The maximum Gasteiger partial charge on any atom is 0.459 e. The first kappa shape index (κ1) is 33.8.